The Bertz CT molecular complexity index is 538. The van der Waals surface area contributed by atoms with Crippen molar-refractivity contribution in [3.8, 4) is 0 Å². The lowest BCUT2D eigenvalue weighted by Crippen LogP contribution is -2.38. The van der Waals surface area contributed by atoms with Crippen LogP contribution in [0.25, 0.3) is 0 Å². The molecule has 0 aliphatic carbocycles. The Morgan fingerprint density at radius 1 is 1.32 bits per heavy atom. The van der Waals surface area contributed by atoms with Gasteiger partial charge < -0.3 is 15.1 Å². The molecule has 1 fully saturated rings. The van der Waals surface area contributed by atoms with E-state index in [1.165, 1.54) is 30.4 Å². The highest BCUT2D eigenvalue weighted by Gasteiger charge is 2.16. The number of likely N-dealkylation sites (N-methyl/N-ethyl adjacent to an activating group) is 1. The highest BCUT2D eigenvalue weighted by Crippen LogP contribution is 2.23. The molecule has 0 bridgehead atoms. The number of nitrogens with zero attached hydrogens (tertiary/aromatic N) is 2. The summed E-state index contributed by atoms with van der Waals surface area (Å²) >= 11 is 0. The van der Waals surface area contributed by atoms with E-state index >= 15 is 0 Å². The molecule has 0 spiro atoms. The Morgan fingerprint density at radius 3 is 2.64 bits per heavy atom. The average Bonchev–Trinajstić information content (AvgIpc) is 3.01. The Labute approximate surface area is 132 Å². The van der Waals surface area contributed by atoms with Gasteiger partial charge in [-0.1, -0.05) is 12.1 Å². The molecule has 0 saturated carbocycles. The summed E-state index contributed by atoms with van der Waals surface area (Å²) < 4.78 is 0. The number of benzene rings is 1. The van der Waals surface area contributed by atoms with Crippen molar-refractivity contribution in [3.05, 3.63) is 29.8 Å². The van der Waals surface area contributed by atoms with E-state index < -0.39 is 0 Å². The summed E-state index contributed by atoms with van der Waals surface area (Å²) in [4.78, 5) is 26.9. The molecule has 0 aromatic heterocycles. The molecular formula is C17H25N3O2. The van der Waals surface area contributed by atoms with Crippen LogP contribution in [-0.2, 0) is 9.59 Å². The summed E-state index contributed by atoms with van der Waals surface area (Å²) in [5.41, 5.74) is 2.31. The zero-order valence-electron chi connectivity index (χ0n) is 13.6. The van der Waals surface area contributed by atoms with Crippen LogP contribution in [0.1, 0.15) is 38.3 Å². The molecule has 1 atom stereocenters. The van der Waals surface area contributed by atoms with Gasteiger partial charge in [0.1, 0.15) is 0 Å². The molecule has 1 unspecified atom stereocenters. The third-order valence-corrected chi connectivity index (χ3v) is 4.14. The molecule has 0 radical (unpaired) electrons. The summed E-state index contributed by atoms with van der Waals surface area (Å²) in [5, 5.41) is 2.95. The minimum Gasteiger partial charge on any atom is -0.372 e. The van der Waals surface area contributed by atoms with Crippen molar-refractivity contribution in [2.45, 2.75) is 32.7 Å². The van der Waals surface area contributed by atoms with Crippen molar-refractivity contribution < 1.29 is 9.59 Å². The van der Waals surface area contributed by atoms with Crippen LogP contribution < -0.4 is 10.2 Å². The lowest BCUT2D eigenvalue weighted by atomic mass is 10.1. The summed E-state index contributed by atoms with van der Waals surface area (Å²) in [6.45, 7) is 5.72. The fourth-order valence-electron chi connectivity index (χ4n) is 2.66. The number of hydrogen-bond donors (Lipinski definition) is 1. The molecule has 1 N–H and O–H groups in total. The normalized spacial score (nSPS) is 15.5. The minimum absolute atomic E-state index is 0.0737. The molecule has 1 heterocycles. The predicted molar refractivity (Wildman–Crippen MR) is 87.8 cm³/mol. The highest BCUT2D eigenvalue weighted by atomic mass is 16.2. The maximum absolute atomic E-state index is 12.0. The standard InChI is InChI=1S/C17H25N3O2/c1-13(18-17(22)12-19(3)14(2)21)15-7-6-8-16(11-15)20-9-4-5-10-20/h6-8,11,13H,4-5,9-10,12H2,1-3H3,(H,18,22). The molecule has 1 aliphatic rings. The van der Waals surface area contributed by atoms with Crippen LogP contribution >= 0.6 is 0 Å². The number of nitrogens with one attached hydrogen (secondary N) is 1. The molecule has 22 heavy (non-hydrogen) atoms. The molecular weight excluding hydrogens is 278 g/mol. The molecule has 120 valence electrons. The van der Waals surface area contributed by atoms with Crippen LogP contribution in [0.5, 0.6) is 0 Å². The van der Waals surface area contributed by atoms with Crippen molar-refractivity contribution >= 4 is 17.5 Å². The average molecular weight is 303 g/mol. The van der Waals surface area contributed by atoms with Crippen LogP contribution in [-0.4, -0.2) is 43.4 Å². The first-order valence-corrected chi connectivity index (χ1v) is 7.83. The van der Waals surface area contributed by atoms with Crippen molar-refractivity contribution in [3.63, 3.8) is 0 Å². The summed E-state index contributed by atoms with van der Waals surface area (Å²) in [6, 6.07) is 8.25. The summed E-state index contributed by atoms with van der Waals surface area (Å²) in [5.74, 6) is -0.254. The van der Waals surface area contributed by atoms with Gasteiger partial charge in [0.15, 0.2) is 0 Å². The first-order valence-electron chi connectivity index (χ1n) is 7.83. The van der Waals surface area contributed by atoms with E-state index in [1.807, 2.05) is 19.1 Å². The van der Waals surface area contributed by atoms with E-state index in [4.69, 9.17) is 0 Å². The van der Waals surface area contributed by atoms with Gasteiger partial charge in [0.25, 0.3) is 0 Å². The zero-order valence-corrected chi connectivity index (χ0v) is 13.6. The van der Waals surface area contributed by atoms with E-state index in [9.17, 15) is 9.59 Å². The molecule has 2 amide bonds. The predicted octanol–water partition coefficient (Wildman–Crippen LogP) is 1.94. The van der Waals surface area contributed by atoms with Crippen molar-refractivity contribution in [1.29, 1.82) is 0 Å². The van der Waals surface area contributed by atoms with Gasteiger partial charge in [0.05, 0.1) is 12.6 Å². The summed E-state index contributed by atoms with van der Waals surface area (Å²) in [7, 11) is 1.63. The largest absolute Gasteiger partial charge is 0.372 e. The van der Waals surface area contributed by atoms with Gasteiger partial charge in [0, 0.05) is 32.7 Å². The van der Waals surface area contributed by atoms with Crippen LogP contribution in [0.2, 0.25) is 0 Å². The third-order valence-electron chi connectivity index (χ3n) is 4.14. The maximum Gasteiger partial charge on any atom is 0.240 e. The minimum atomic E-state index is -0.142. The maximum atomic E-state index is 12.0. The lowest BCUT2D eigenvalue weighted by Gasteiger charge is -2.21. The first kappa shape index (κ1) is 16.3. The smallest absolute Gasteiger partial charge is 0.240 e. The molecule has 1 aromatic rings. The number of hydrogen-bond acceptors (Lipinski definition) is 3. The Morgan fingerprint density at radius 2 is 2.00 bits per heavy atom. The van der Waals surface area contributed by atoms with E-state index in [0.717, 1.165) is 18.7 Å². The highest BCUT2D eigenvalue weighted by molar-refractivity contribution is 5.83. The Hall–Kier alpha value is -2.04. The number of carbonyl (C=O) groups excluding carboxylic acids is 2. The molecule has 1 aromatic carbocycles. The van der Waals surface area contributed by atoms with E-state index in [2.05, 4.69) is 22.3 Å². The van der Waals surface area contributed by atoms with Gasteiger partial charge in [-0.3, -0.25) is 9.59 Å². The second kappa shape index (κ2) is 7.29. The number of amides is 2. The van der Waals surface area contributed by atoms with Gasteiger partial charge in [-0.2, -0.15) is 0 Å². The van der Waals surface area contributed by atoms with Crippen LogP contribution in [0, 0.1) is 0 Å². The van der Waals surface area contributed by atoms with Crippen LogP contribution in [0.15, 0.2) is 24.3 Å². The van der Waals surface area contributed by atoms with E-state index in [1.54, 1.807) is 7.05 Å². The molecule has 2 rings (SSSR count). The van der Waals surface area contributed by atoms with Crippen LogP contribution in [0.3, 0.4) is 0 Å². The summed E-state index contributed by atoms with van der Waals surface area (Å²) in [6.07, 6.45) is 2.49. The first-order chi connectivity index (χ1) is 10.5. The molecule has 1 saturated heterocycles. The Kier molecular flexibility index (Phi) is 5.41. The number of carbonyl (C=O) groups is 2. The van der Waals surface area contributed by atoms with E-state index in [-0.39, 0.29) is 24.4 Å². The molecule has 1 aliphatic heterocycles. The SMILES string of the molecule is CC(=O)N(C)CC(=O)NC(C)c1cccc(N2CCCC2)c1. The van der Waals surface area contributed by atoms with E-state index in [0.29, 0.717) is 0 Å². The fourth-order valence-corrected chi connectivity index (χ4v) is 2.66. The second-order valence-corrected chi connectivity index (χ2v) is 5.95. The Balaban J connectivity index is 1.97. The third kappa shape index (κ3) is 4.23. The van der Waals surface area contributed by atoms with Crippen molar-refractivity contribution in [1.82, 2.24) is 10.2 Å². The number of anilines is 1. The van der Waals surface area contributed by atoms with Crippen molar-refractivity contribution in [2.24, 2.45) is 0 Å². The van der Waals surface area contributed by atoms with Gasteiger partial charge >= 0.3 is 0 Å². The van der Waals surface area contributed by atoms with Gasteiger partial charge in [-0.25, -0.2) is 0 Å². The van der Waals surface area contributed by atoms with Crippen molar-refractivity contribution in [2.75, 3.05) is 31.6 Å². The topological polar surface area (TPSA) is 52.7 Å². The lowest BCUT2D eigenvalue weighted by molar-refractivity contribution is -0.133. The fraction of sp³-hybridized carbons (Fsp3) is 0.529. The van der Waals surface area contributed by atoms with Gasteiger partial charge in [-0.05, 0) is 37.5 Å². The van der Waals surface area contributed by atoms with Gasteiger partial charge in [-0.15, -0.1) is 0 Å². The quantitative estimate of drug-likeness (QED) is 0.904. The zero-order chi connectivity index (χ0) is 16.1. The van der Waals surface area contributed by atoms with Gasteiger partial charge in [0.2, 0.25) is 11.8 Å². The number of rotatable bonds is 5. The second-order valence-electron chi connectivity index (χ2n) is 5.95. The van der Waals surface area contributed by atoms with Crippen LogP contribution in [0.4, 0.5) is 5.69 Å². The molecule has 5 nitrogen and oxygen atoms in total. The monoisotopic (exact) mass is 303 g/mol. The molecule has 5 heteroatoms.